The summed E-state index contributed by atoms with van der Waals surface area (Å²) in [7, 11) is 1.53. The third-order valence-corrected chi connectivity index (χ3v) is 7.42. The highest BCUT2D eigenvalue weighted by Crippen LogP contribution is 2.29. The lowest BCUT2D eigenvalue weighted by atomic mass is 10.0. The van der Waals surface area contributed by atoms with E-state index in [1.807, 2.05) is 12.1 Å². The van der Waals surface area contributed by atoms with E-state index in [4.69, 9.17) is 4.74 Å². The molecule has 11 heteroatoms. The number of nitrogens with zero attached hydrogens (tertiary/aromatic N) is 4. The minimum atomic E-state index is -0.561. The topological polar surface area (TPSA) is 112 Å². The number of pyridine rings is 3. The number of hydrogen-bond acceptors (Lipinski definition) is 9. The second-order valence-electron chi connectivity index (χ2n) is 8.69. The smallest absolute Gasteiger partial charge is 0.235 e. The highest BCUT2D eigenvalue weighted by Gasteiger charge is 2.28. The van der Waals surface area contributed by atoms with Crippen LogP contribution < -0.4 is 15.4 Å². The molecule has 3 N–H and O–H groups in total. The van der Waals surface area contributed by atoms with Gasteiger partial charge in [0, 0.05) is 37.3 Å². The van der Waals surface area contributed by atoms with Gasteiger partial charge in [0.25, 0.3) is 0 Å². The fourth-order valence-corrected chi connectivity index (χ4v) is 5.23. The van der Waals surface area contributed by atoms with Gasteiger partial charge in [-0.1, -0.05) is 0 Å². The number of thioether (sulfide) groups is 1. The number of carbonyl (C=O) groups excluding carboxylic acids is 1. The number of anilines is 1. The Bertz CT molecular complexity index is 1250. The molecular formula is C24H27FN6O3S. The molecule has 0 spiro atoms. The zero-order valence-electron chi connectivity index (χ0n) is 19.3. The number of amides is 1. The molecule has 0 aromatic carbocycles. The van der Waals surface area contributed by atoms with Crippen LogP contribution in [-0.4, -0.2) is 75.5 Å². The van der Waals surface area contributed by atoms with Gasteiger partial charge in [-0.25, -0.2) is 14.4 Å². The molecular weight excluding hydrogens is 471 g/mol. The van der Waals surface area contributed by atoms with Gasteiger partial charge in [-0.2, -0.15) is 0 Å². The molecule has 0 radical (unpaired) electrons. The van der Waals surface area contributed by atoms with Crippen molar-refractivity contribution < 1.29 is 19.0 Å². The van der Waals surface area contributed by atoms with E-state index in [1.54, 1.807) is 12.1 Å². The molecule has 2 atom stereocenters. The summed E-state index contributed by atoms with van der Waals surface area (Å²) in [6.45, 7) is 2.36. The molecule has 0 bridgehead atoms. The third-order valence-electron chi connectivity index (χ3n) is 6.37. The van der Waals surface area contributed by atoms with Crippen LogP contribution in [0.3, 0.4) is 0 Å². The minimum absolute atomic E-state index is 0.0440. The van der Waals surface area contributed by atoms with E-state index >= 15 is 0 Å². The number of ether oxygens (including phenoxy) is 1. The zero-order valence-corrected chi connectivity index (χ0v) is 20.1. The number of rotatable bonds is 7. The number of aromatic nitrogens is 3. The molecule has 2 aliphatic heterocycles. The van der Waals surface area contributed by atoms with Crippen LogP contribution in [0, 0.1) is 5.82 Å². The molecule has 35 heavy (non-hydrogen) atoms. The number of halogens is 1. The predicted molar refractivity (Wildman–Crippen MR) is 131 cm³/mol. The van der Waals surface area contributed by atoms with Gasteiger partial charge in [-0.15, -0.1) is 11.8 Å². The van der Waals surface area contributed by atoms with Crippen molar-refractivity contribution in [2.75, 3.05) is 37.8 Å². The predicted octanol–water partition coefficient (Wildman–Crippen LogP) is 1.98. The van der Waals surface area contributed by atoms with Crippen molar-refractivity contribution in [3.63, 3.8) is 0 Å². The van der Waals surface area contributed by atoms with Crippen LogP contribution in [0.25, 0.3) is 11.0 Å². The molecule has 0 unspecified atom stereocenters. The van der Waals surface area contributed by atoms with Crippen molar-refractivity contribution in [1.29, 1.82) is 0 Å². The van der Waals surface area contributed by atoms with Crippen LogP contribution in [0.15, 0.2) is 35.4 Å². The maximum atomic E-state index is 14.6. The summed E-state index contributed by atoms with van der Waals surface area (Å²) in [5.41, 5.74) is 2.45. The number of likely N-dealkylation sites (tertiary alicyclic amines) is 1. The normalized spacial score (nSPS) is 20.5. The molecule has 3 aromatic rings. The Kier molecular flexibility index (Phi) is 7.09. The van der Waals surface area contributed by atoms with E-state index in [0.29, 0.717) is 60.1 Å². The maximum absolute atomic E-state index is 14.6. The summed E-state index contributed by atoms with van der Waals surface area (Å²) in [6.07, 6.45) is 1.88. The average Bonchev–Trinajstić information content (AvgIpc) is 2.87. The lowest BCUT2D eigenvalue weighted by Gasteiger charge is -2.36. The Balaban J connectivity index is 1.16. The Labute approximate surface area is 206 Å². The Morgan fingerprint density at radius 3 is 3.03 bits per heavy atom. The number of hydrogen-bond donors (Lipinski definition) is 3. The van der Waals surface area contributed by atoms with Crippen molar-refractivity contribution >= 4 is 34.5 Å². The first-order valence-corrected chi connectivity index (χ1v) is 12.5. The van der Waals surface area contributed by atoms with Gasteiger partial charge in [-0.05, 0) is 37.6 Å². The molecule has 1 saturated heterocycles. The molecule has 1 fully saturated rings. The van der Waals surface area contributed by atoms with Crippen molar-refractivity contribution in [3.05, 3.63) is 47.5 Å². The third kappa shape index (κ3) is 5.37. The van der Waals surface area contributed by atoms with Gasteiger partial charge in [0.1, 0.15) is 11.6 Å². The van der Waals surface area contributed by atoms with Gasteiger partial charge in [-0.3, -0.25) is 9.78 Å². The van der Waals surface area contributed by atoms with Crippen LogP contribution in [-0.2, 0) is 17.8 Å². The van der Waals surface area contributed by atoms with E-state index in [0.717, 1.165) is 23.6 Å². The number of fused-ring (bicyclic) bond motifs is 2. The number of aliphatic hydroxyl groups is 1. The summed E-state index contributed by atoms with van der Waals surface area (Å²) >= 11 is 1.48. The van der Waals surface area contributed by atoms with E-state index in [9.17, 15) is 14.3 Å². The molecule has 3 aromatic heterocycles. The fourth-order valence-electron chi connectivity index (χ4n) is 4.48. The van der Waals surface area contributed by atoms with Crippen LogP contribution in [0.4, 0.5) is 10.2 Å². The molecule has 1 amide bonds. The van der Waals surface area contributed by atoms with Crippen molar-refractivity contribution in [1.82, 2.24) is 25.2 Å². The molecule has 2 aliphatic rings. The number of β-amino-alcohol motifs (C(OH)–C–C–N with tert-alkyl or cyclic N) is 1. The van der Waals surface area contributed by atoms with Crippen LogP contribution in [0.2, 0.25) is 0 Å². The van der Waals surface area contributed by atoms with Gasteiger partial charge in [0.2, 0.25) is 11.8 Å². The number of nitrogens with one attached hydrogen (secondary N) is 2. The summed E-state index contributed by atoms with van der Waals surface area (Å²) < 4.78 is 19.8. The monoisotopic (exact) mass is 498 g/mol. The molecule has 0 aliphatic carbocycles. The summed E-state index contributed by atoms with van der Waals surface area (Å²) in [4.78, 5) is 27.8. The summed E-state index contributed by atoms with van der Waals surface area (Å²) in [5.74, 6) is 0.998. The van der Waals surface area contributed by atoms with Crippen molar-refractivity contribution in [2.24, 2.45) is 0 Å². The van der Waals surface area contributed by atoms with Gasteiger partial charge < -0.3 is 25.4 Å². The van der Waals surface area contributed by atoms with Crippen molar-refractivity contribution in [3.8, 4) is 5.88 Å². The minimum Gasteiger partial charge on any atom is -0.481 e. The summed E-state index contributed by atoms with van der Waals surface area (Å²) in [6, 6.07) is 7.32. The Morgan fingerprint density at radius 1 is 1.31 bits per heavy atom. The average molecular weight is 499 g/mol. The SMILES string of the molecule is COc1ccc2ncc(F)c(CCN3CC[C@@H](NCc4ccc5c(n4)NC(=O)CS5)[C@H](O)C3)c2n1. The van der Waals surface area contributed by atoms with Crippen LogP contribution in [0.1, 0.15) is 17.7 Å². The zero-order chi connectivity index (χ0) is 24.4. The van der Waals surface area contributed by atoms with E-state index in [-0.39, 0.29) is 17.8 Å². The first-order chi connectivity index (χ1) is 17.0. The number of piperidine rings is 1. The number of carbonyl (C=O) groups is 1. The molecule has 5 rings (SSSR count). The molecule has 5 heterocycles. The lowest BCUT2D eigenvalue weighted by molar-refractivity contribution is -0.113. The number of aliphatic hydroxyl groups excluding tert-OH is 1. The second kappa shape index (κ2) is 10.4. The first kappa shape index (κ1) is 23.9. The van der Waals surface area contributed by atoms with E-state index in [2.05, 4.69) is 30.5 Å². The van der Waals surface area contributed by atoms with Gasteiger partial charge in [0.15, 0.2) is 0 Å². The van der Waals surface area contributed by atoms with Gasteiger partial charge >= 0.3 is 0 Å². The Hall–Kier alpha value is -2.86. The lowest BCUT2D eigenvalue weighted by Crippen LogP contribution is -2.52. The van der Waals surface area contributed by atoms with Gasteiger partial charge in [0.05, 0.1) is 46.8 Å². The van der Waals surface area contributed by atoms with Crippen molar-refractivity contribution in [2.45, 2.75) is 36.4 Å². The molecule has 184 valence electrons. The Morgan fingerprint density at radius 2 is 2.20 bits per heavy atom. The van der Waals surface area contributed by atoms with E-state index in [1.165, 1.54) is 25.1 Å². The van der Waals surface area contributed by atoms with Crippen LogP contribution >= 0.6 is 11.8 Å². The number of methoxy groups -OCH3 is 1. The fraction of sp³-hybridized carbons (Fsp3) is 0.417. The quantitative estimate of drug-likeness (QED) is 0.450. The molecule has 9 nitrogen and oxygen atoms in total. The first-order valence-electron chi connectivity index (χ1n) is 11.5. The summed E-state index contributed by atoms with van der Waals surface area (Å²) in [5, 5.41) is 16.9. The largest absolute Gasteiger partial charge is 0.481 e. The van der Waals surface area contributed by atoms with Crippen LogP contribution in [0.5, 0.6) is 5.88 Å². The second-order valence-corrected chi connectivity index (χ2v) is 9.70. The maximum Gasteiger partial charge on any atom is 0.235 e. The highest BCUT2D eigenvalue weighted by atomic mass is 32.2. The molecule has 0 saturated carbocycles. The van der Waals surface area contributed by atoms with E-state index < -0.39 is 6.10 Å². The highest BCUT2D eigenvalue weighted by molar-refractivity contribution is 8.00. The standard InChI is InChI=1S/C24H27FN6O3S/c1-34-22-5-3-18-23(30-22)15(16(25)11-27-18)6-8-31-9-7-17(19(32)12-31)26-10-14-2-4-20-24(28-14)29-21(33)13-35-20/h2-5,11,17,19,26,32H,6-10,12-13H2,1H3,(H,28,29,33)/t17-,19-/m1/s1.